The first-order valence-electron chi connectivity index (χ1n) is 6.21. The number of nitrogens with one attached hydrogen (secondary N) is 2. The summed E-state index contributed by atoms with van der Waals surface area (Å²) >= 11 is 0. The number of anilines is 2. The fourth-order valence-electron chi connectivity index (χ4n) is 2.02. The van der Waals surface area contributed by atoms with Crippen LogP contribution in [0.15, 0.2) is 6.33 Å². The first kappa shape index (κ1) is 15.5. The van der Waals surface area contributed by atoms with Gasteiger partial charge in [-0.25, -0.2) is 15.8 Å². The third-order valence-corrected chi connectivity index (χ3v) is 2.63. The Morgan fingerprint density at radius 3 is 2.58 bits per heavy atom. The highest BCUT2D eigenvalue weighted by atomic mass is 16.5. The van der Waals surface area contributed by atoms with E-state index in [9.17, 15) is 5.11 Å². The molecule has 0 saturated carbocycles. The maximum absolute atomic E-state index is 10.2. The van der Waals surface area contributed by atoms with Crippen molar-refractivity contribution in [3.05, 3.63) is 6.33 Å². The van der Waals surface area contributed by atoms with E-state index < -0.39 is 5.60 Å². The number of hydrogen-bond acceptors (Lipinski definition) is 7. The van der Waals surface area contributed by atoms with Crippen molar-refractivity contribution in [2.75, 3.05) is 24.4 Å². The summed E-state index contributed by atoms with van der Waals surface area (Å²) in [4.78, 5) is 8.03. The lowest BCUT2D eigenvalue weighted by Crippen LogP contribution is -2.35. The van der Waals surface area contributed by atoms with Gasteiger partial charge in [0.2, 0.25) is 5.75 Å². The fourth-order valence-corrected chi connectivity index (χ4v) is 2.02. The van der Waals surface area contributed by atoms with E-state index in [0.29, 0.717) is 36.3 Å². The van der Waals surface area contributed by atoms with Gasteiger partial charge in [0.1, 0.15) is 6.33 Å². The summed E-state index contributed by atoms with van der Waals surface area (Å²) in [6.45, 7) is 6.28. The van der Waals surface area contributed by atoms with Crippen molar-refractivity contribution >= 4 is 11.6 Å². The molecule has 108 valence electrons. The first-order valence-corrected chi connectivity index (χ1v) is 6.21. The number of aliphatic hydroxyl groups is 1. The summed E-state index contributed by atoms with van der Waals surface area (Å²) in [5.74, 6) is 7.06. The number of rotatable bonds is 7. The third kappa shape index (κ3) is 4.53. The van der Waals surface area contributed by atoms with E-state index in [-0.39, 0.29) is 0 Å². The highest BCUT2D eigenvalue weighted by molar-refractivity contribution is 5.63. The zero-order valence-corrected chi connectivity index (χ0v) is 11.9. The summed E-state index contributed by atoms with van der Waals surface area (Å²) in [5, 5.41) is 13.3. The van der Waals surface area contributed by atoms with Gasteiger partial charge in [-0.15, -0.1) is 0 Å². The van der Waals surface area contributed by atoms with Gasteiger partial charge in [0.25, 0.3) is 0 Å². The first-order chi connectivity index (χ1) is 8.89. The molecule has 1 heterocycles. The van der Waals surface area contributed by atoms with Crippen molar-refractivity contribution < 1.29 is 9.84 Å². The van der Waals surface area contributed by atoms with E-state index in [0.717, 1.165) is 0 Å². The van der Waals surface area contributed by atoms with Crippen molar-refractivity contribution in [1.82, 2.24) is 9.97 Å². The van der Waals surface area contributed by atoms with E-state index in [1.54, 1.807) is 6.92 Å². The molecule has 7 nitrogen and oxygen atoms in total. The molecule has 0 aliphatic rings. The SMILES string of the molecule is COc1c(NN)ncnc1NCC(C)(O)CC(C)C. The Labute approximate surface area is 113 Å². The van der Waals surface area contributed by atoms with Crippen LogP contribution in [0.2, 0.25) is 0 Å². The molecular weight excluding hydrogens is 246 g/mol. The van der Waals surface area contributed by atoms with Crippen molar-refractivity contribution in [1.29, 1.82) is 0 Å². The highest BCUT2D eigenvalue weighted by Crippen LogP contribution is 2.28. The molecule has 0 fully saturated rings. The Kier molecular flexibility index (Phi) is 5.31. The van der Waals surface area contributed by atoms with Crippen LogP contribution in [-0.4, -0.2) is 34.3 Å². The maximum atomic E-state index is 10.2. The average Bonchev–Trinajstić information content (AvgIpc) is 2.34. The average molecular weight is 269 g/mol. The van der Waals surface area contributed by atoms with Gasteiger partial charge < -0.3 is 20.6 Å². The maximum Gasteiger partial charge on any atom is 0.205 e. The number of nitrogen functional groups attached to an aromatic ring is 1. The van der Waals surface area contributed by atoms with Crippen molar-refractivity contribution in [2.45, 2.75) is 32.8 Å². The largest absolute Gasteiger partial charge is 0.490 e. The molecule has 1 atom stereocenters. The lowest BCUT2D eigenvalue weighted by molar-refractivity contribution is 0.0514. The lowest BCUT2D eigenvalue weighted by Gasteiger charge is -2.26. The van der Waals surface area contributed by atoms with Crippen LogP contribution in [0.5, 0.6) is 5.75 Å². The van der Waals surface area contributed by atoms with Crippen LogP contribution in [0.25, 0.3) is 0 Å². The van der Waals surface area contributed by atoms with Gasteiger partial charge >= 0.3 is 0 Å². The predicted octanol–water partition coefficient (Wildman–Crippen LogP) is 0.980. The zero-order valence-electron chi connectivity index (χ0n) is 11.9. The number of nitrogens with two attached hydrogens (primary N) is 1. The molecule has 0 amide bonds. The van der Waals surface area contributed by atoms with E-state index in [1.807, 2.05) is 0 Å². The van der Waals surface area contributed by atoms with E-state index >= 15 is 0 Å². The van der Waals surface area contributed by atoms with Crippen LogP contribution in [0.1, 0.15) is 27.2 Å². The highest BCUT2D eigenvalue weighted by Gasteiger charge is 2.23. The molecule has 1 unspecified atom stereocenters. The molecule has 0 bridgehead atoms. The van der Waals surface area contributed by atoms with E-state index in [4.69, 9.17) is 10.6 Å². The standard InChI is InChI=1S/C12H23N5O2/c1-8(2)5-12(3,18)6-14-10-9(19-4)11(17-13)16-7-15-10/h7-8,18H,5-6,13H2,1-4H3,(H2,14,15,16,17). The number of aromatic nitrogens is 2. The molecule has 0 saturated heterocycles. The molecule has 0 spiro atoms. The van der Waals surface area contributed by atoms with Crippen molar-refractivity contribution in [3.63, 3.8) is 0 Å². The molecule has 1 aromatic rings. The summed E-state index contributed by atoms with van der Waals surface area (Å²) in [6.07, 6.45) is 2.06. The Bertz CT molecular complexity index is 409. The monoisotopic (exact) mass is 269 g/mol. The number of nitrogens with zero attached hydrogens (tertiary/aromatic N) is 2. The second kappa shape index (κ2) is 6.53. The van der Waals surface area contributed by atoms with Crippen molar-refractivity contribution in [2.24, 2.45) is 11.8 Å². The van der Waals surface area contributed by atoms with E-state index in [2.05, 4.69) is 34.6 Å². The molecule has 0 radical (unpaired) electrons. The topological polar surface area (TPSA) is 105 Å². The number of ether oxygens (including phenoxy) is 1. The van der Waals surface area contributed by atoms with Crippen LogP contribution < -0.4 is 21.3 Å². The molecule has 19 heavy (non-hydrogen) atoms. The number of hydrazine groups is 1. The predicted molar refractivity (Wildman–Crippen MR) is 75.0 cm³/mol. The Balaban J connectivity index is 2.77. The summed E-state index contributed by atoms with van der Waals surface area (Å²) in [5.41, 5.74) is 1.62. The van der Waals surface area contributed by atoms with Gasteiger partial charge in [-0.2, -0.15) is 0 Å². The summed E-state index contributed by atoms with van der Waals surface area (Å²) < 4.78 is 5.20. The van der Waals surface area contributed by atoms with Gasteiger partial charge in [-0.1, -0.05) is 13.8 Å². The lowest BCUT2D eigenvalue weighted by atomic mass is 9.94. The fraction of sp³-hybridized carbons (Fsp3) is 0.667. The minimum atomic E-state index is -0.819. The molecule has 7 heteroatoms. The quantitative estimate of drug-likeness (QED) is 0.432. The van der Waals surface area contributed by atoms with Gasteiger partial charge in [0.15, 0.2) is 11.6 Å². The smallest absolute Gasteiger partial charge is 0.205 e. The number of hydrogen-bond donors (Lipinski definition) is 4. The van der Waals surface area contributed by atoms with Gasteiger partial charge in [0, 0.05) is 6.54 Å². The van der Waals surface area contributed by atoms with Crippen LogP contribution in [0, 0.1) is 5.92 Å². The Morgan fingerprint density at radius 1 is 1.42 bits per heavy atom. The second-order valence-corrected chi connectivity index (χ2v) is 5.20. The molecule has 0 aromatic carbocycles. The molecule has 5 N–H and O–H groups in total. The minimum Gasteiger partial charge on any atom is -0.490 e. The molecular formula is C12H23N5O2. The Morgan fingerprint density at radius 2 is 2.05 bits per heavy atom. The molecule has 1 rings (SSSR count). The van der Waals surface area contributed by atoms with Crippen LogP contribution in [-0.2, 0) is 0 Å². The molecule has 1 aromatic heterocycles. The Hall–Kier alpha value is -1.60. The molecule has 0 aliphatic carbocycles. The van der Waals surface area contributed by atoms with Crippen LogP contribution in [0.4, 0.5) is 11.6 Å². The van der Waals surface area contributed by atoms with Crippen LogP contribution in [0.3, 0.4) is 0 Å². The normalized spacial score (nSPS) is 14.1. The molecule has 0 aliphatic heterocycles. The number of methoxy groups -OCH3 is 1. The summed E-state index contributed by atoms with van der Waals surface area (Å²) in [6, 6.07) is 0. The zero-order chi connectivity index (χ0) is 14.5. The van der Waals surface area contributed by atoms with Crippen LogP contribution >= 0.6 is 0 Å². The third-order valence-electron chi connectivity index (χ3n) is 2.63. The summed E-state index contributed by atoms with van der Waals surface area (Å²) in [7, 11) is 1.51. The van der Waals surface area contributed by atoms with Gasteiger partial charge in [0.05, 0.1) is 12.7 Å². The van der Waals surface area contributed by atoms with Crippen molar-refractivity contribution in [3.8, 4) is 5.75 Å². The minimum absolute atomic E-state index is 0.364. The van der Waals surface area contributed by atoms with Gasteiger partial charge in [-0.3, -0.25) is 0 Å². The van der Waals surface area contributed by atoms with Gasteiger partial charge in [-0.05, 0) is 19.3 Å². The van der Waals surface area contributed by atoms with E-state index in [1.165, 1.54) is 13.4 Å². The second-order valence-electron chi connectivity index (χ2n) is 5.20.